The molecule has 0 bridgehead atoms. The predicted octanol–water partition coefficient (Wildman–Crippen LogP) is 4.34. The van der Waals surface area contributed by atoms with Crippen LogP contribution in [0.4, 0.5) is 0 Å². The average Bonchev–Trinajstić information content (AvgIpc) is 2.59. The highest BCUT2D eigenvalue weighted by molar-refractivity contribution is 7.37. The fraction of sp³-hybridized carbons (Fsp3) is 0.143. The van der Waals surface area contributed by atoms with Crippen molar-refractivity contribution in [3.05, 3.63) is 47.5 Å². The van der Waals surface area contributed by atoms with Crippen LogP contribution in [0.15, 0.2) is 36.4 Å². The molecule has 0 fully saturated rings. The molecule has 1 heterocycles. The lowest BCUT2D eigenvalue weighted by Gasteiger charge is -1.99. The van der Waals surface area contributed by atoms with Crippen molar-refractivity contribution < 1.29 is 4.55 Å². The molecule has 0 radical (unpaired) electrons. The summed E-state index contributed by atoms with van der Waals surface area (Å²) in [7, 11) is -0.991. The first kappa shape index (κ1) is 9.82. The van der Waals surface area contributed by atoms with E-state index in [4.69, 9.17) is 0 Å². The molecule has 3 rings (SSSR count). The van der Waals surface area contributed by atoms with Gasteiger partial charge in [0.1, 0.15) is 0 Å². The Labute approximate surface area is 97.1 Å². The molecule has 1 aromatic heterocycles. The lowest BCUT2D eigenvalue weighted by molar-refractivity contribution is 0.602. The molecular formula is C14H12OS. The van der Waals surface area contributed by atoms with Crippen LogP contribution < -0.4 is 0 Å². The molecule has 16 heavy (non-hydrogen) atoms. The Bertz CT molecular complexity index is 695. The summed E-state index contributed by atoms with van der Waals surface area (Å²) >= 11 is 0. The van der Waals surface area contributed by atoms with Crippen LogP contribution in [0.5, 0.6) is 0 Å². The monoisotopic (exact) mass is 228 g/mol. The fourth-order valence-corrected chi connectivity index (χ4v) is 3.68. The van der Waals surface area contributed by atoms with Gasteiger partial charge >= 0.3 is 0 Å². The minimum absolute atomic E-state index is 0.950. The van der Waals surface area contributed by atoms with E-state index >= 15 is 0 Å². The number of aryl methyl sites for hydroxylation is 2. The Hall–Kier alpha value is -1.38. The van der Waals surface area contributed by atoms with Crippen molar-refractivity contribution in [2.75, 3.05) is 0 Å². The molecule has 3 aromatic rings. The lowest BCUT2D eigenvalue weighted by Crippen LogP contribution is -1.80. The quantitative estimate of drug-likeness (QED) is 0.525. The van der Waals surface area contributed by atoms with Crippen molar-refractivity contribution in [2.45, 2.75) is 13.8 Å². The highest BCUT2D eigenvalue weighted by Gasteiger charge is 2.16. The third-order valence-corrected chi connectivity index (χ3v) is 4.75. The first-order chi connectivity index (χ1) is 7.70. The second-order valence-electron chi connectivity index (χ2n) is 4.15. The topological polar surface area (TPSA) is 23.1 Å². The molecule has 80 valence electrons. The molecule has 0 aliphatic heterocycles. The van der Waals surface area contributed by atoms with Crippen molar-refractivity contribution in [1.29, 1.82) is 0 Å². The third-order valence-electron chi connectivity index (χ3n) is 3.25. The molecule has 0 spiro atoms. The Morgan fingerprint density at radius 1 is 0.938 bits per heavy atom. The van der Waals surface area contributed by atoms with Crippen LogP contribution in [-0.2, 0) is 0 Å². The van der Waals surface area contributed by atoms with Crippen molar-refractivity contribution in [3.63, 3.8) is 0 Å². The summed E-state index contributed by atoms with van der Waals surface area (Å²) in [6, 6.07) is 12.0. The van der Waals surface area contributed by atoms with Crippen LogP contribution in [0.2, 0.25) is 0 Å². The van der Waals surface area contributed by atoms with Gasteiger partial charge in [-0.05, 0) is 53.9 Å². The predicted molar refractivity (Wildman–Crippen MR) is 69.6 cm³/mol. The molecule has 2 aromatic carbocycles. The van der Waals surface area contributed by atoms with E-state index in [2.05, 4.69) is 26.0 Å². The zero-order valence-electron chi connectivity index (χ0n) is 9.28. The molecule has 1 nitrogen and oxygen atoms in total. The minimum Gasteiger partial charge on any atom is -0.590 e. The second kappa shape index (κ2) is 3.30. The van der Waals surface area contributed by atoms with Gasteiger partial charge in [0.15, 0.2) is 9.40 Å². The lowest BCUT2D eigenvalue weighted by atomic mass is 10.0. The van der Waals surface area contributed by atoms with Crippen molar-refractivity contribution >= 4 is 30.9 Å². The number of thiophene rings is 1. The van der Waals surface area contributed by atoms with Gasteiger partial charge in [0.25, 0.3) is 0 Å². The summed E-state index contributed by atoms with van der Waals surface area (Å²) in [6.45, 7) is 4.20. The summed E-state index contributed by atoms with van der Waals surface area (Å²) in [5, 5.41) is 2.31. The van der Waals surface area contributed by atoms with Crippen LogP contribution >= 0.6 is 10.8 Å². The van der Waals surface area contributed by atoms with Crippen LogP contribution in [0.1, 0.15) is 11.1 Å². The normalized spacial score (nSPS) is 12.6. The maximum absolute atomic E-state index is 12.3. The van der Waals surface area contributed by atoms with E-state index in [1.165, 1.54) is 16.5 Å². The SMILES string of the molecule is Cc1ccc2c(c1C)c1ccccc1[s+]2[O-]. The zero-order chi connectivity index (χ0) is 11.3. The van der Waals surface area contributed by atoms with Crippen LogP contribution in [0, 0.1) is 13.8 Å². The smallest absolute Gasteiger partial charge is 0.181 e. The Kier molecular flexibility index (Phi) is 2.03. The van der Waals surface area contributed by atoms with Gasteiger partial charge in [0.2, 0.25) is 0 Å². The largest absolute Gasteiger partial charge is 0.590 e. The molecule has 1 atom stereocenters. The van der Waals surface area contributed by atoms with Gasteiger partial charge in [-0.25, -0.2) is 0 Å². The van der Waals surface area contributed by atoms with Gasteiger partial charge in [-0.1, -0.05) is 18.2 Å². The summed E-state index contributed by atoms with van der Waals surface area (Å²) in [5.41, 5.74) is 2.50. The summed E-state index contributed by atoms with van der Waals surface area (Å²) in [5.74, 6) is 0. The summed E-state index contributed by atoms with van der Waals surface area (Å²) in [6.07, 6.45) is 0. The van der Waals surface area contributed by atoms with Crippen LogP contribution in [0.3, 0.4) is 0 Å². The van der Waals surface area contributed by atoms with Gasteiger partial charge in [0, 0.05) is 5.39 Å². The molecule has 0 aliphatic rings. The first-order valence-electron chi connectivity index (χ1n) is 5.31. The Morgan fingerprint density at radius 2 is 1.69 bits per heavy atom. The van der Waals surface area contributed by atoms with Gasteiger partial charge in [-0.15, -0.1) is 0 Å². The van der Waals surface area contributed by atoms with Crippen LogP contribution in [-0.4, -0.2) is 4.55 Å². The number of fused-ring (bicyclic) bond motifs is 3. The zero-order valence-corrected chi connectivity index (χ0v) is 10.1. The molecule has 0 aliphatic carbocycles. The minimum atomic E-state index is -0.991. The van der Waals surface area contributed by atoms with E-state index in [9.17, 15) is 4.55 Å². The molecule has 0 saturated carbocycles. The van der Waals surface area contributed by atoms with Crippen molar-refractivity contribution in [2.24, 2.45) is 0 Å². The molecular weight excluding hydrogens is 216 g/mol. The summed E-state index contributed by atoms with van der Waals surface area (Å²) < 4.78 is 14.2. The van der Waals surface area contributed by atoms with Gasteiger partial charge in [0.05, 0.1) is 5.39 Å². The molecule has 0 saturated heterocycles. The van der Waals surface area contributed by atoms with E-state index in [1.807, 2.05) is 24.3 Å². The summed E-state index contributed by atoms with van der Waals surface area (Å²) in [4.78, 5) is 0. The number of rotatable bonds is 0. The highest BCUT2D eigenvalue weighted by atomic mass is 32.2. The standard InChI is InChI=1S/C14H12OS/c1-9-7-8-13-14(10(9)2)11-5-3-4-6-12(11)16(13)15/h3-8H,1-2H3. The van der Waals surface area contributed by atoms with Crippen molar-refractivity contribution in [1.82, 2.24) is 0 Å². The molecule has 1 unspecified atom stereocenters. The number of benzene rings is 2. The molecule has 2 heteroatoms. The maximum atomic E-state index is 12.3. The molecule has 0 amide bonds. The van der Waals surface area contributed by atoms with Gasteiger partial charge in [-0.3, -0.25) is 0 Å². The Morgan fingerprint density at radius 3 is 2.50 bits per heavy atom. The third kappa shape index (κ3) is 1.14. The van der Waals surface area contributed by atoms with E-state index in [-0.39, 0.29) is 0 Å². The Balaban J connectivity index is 2.68. The average molecular weight is 228 g/mol. The van der Waals surface area contributed by atoms with Gasteiger partial charge < -0.3 is 4.55 Å². The highest BCUT2D eigenvalue weighted by Crippen LogP contribution is 2.42. The first-order valence-corrected chi connectivity index (χ1v) is 6.46. The van der Waals surface area contributed by atoms with E-state index < -0.39 is 10.8 Å². The second-order valence-corrected chi connectivity index (χ2v) is 5.56. The van der Waals surface area contributed by atoms with Gasteiger partial charge in [-0.2, -0.15) is 0 Å². The van der Waals surface area contributed by atoms with Crippen molar-refractivity contribution in [3.8, 4) is 0 Å². The van der Waals surface area contributed by atoms with E-state index in [1.54, 1.807) is 0 Å². The van der Waals surface area contributed by atoms with Crippen LogP contribution in [0.25, 0.3) is 20.2 Å². The molecule has 0 N–H and O–H groups in total. The number of hydrogen-bond donors (Lipinski definition) is 0. The number of hydrogen-bond acceptors (Lipinski definition) is 1. The fourth-order valence-electron chi connectivity index (χ4n) is 2.23. The maximum Gasteiger partial charge on any atom is 0.181 e. The van der Waals surface area contributed by atoms with E-state index in [0.717, 1.165) is 14.8 Å². The van der Waals surface area contributed by atoms with E-state index in [0.29, 0.717) is 0 Å².